The zero-order valence-corrected chi connectivity index (χ0v) is 14.6. The molecule has 1 aromatic carbocycles. The average Bonchev–Trinajstić information content (AvgIpc) is 2.51. The second kappa shape index (κ2) is 5.92. The van der Waals surface area contributed by atoms with Gasteiger partial charge in [0.05, 0.1) is 5.57 Å². The maximum absolute atomic E-state index is 13.1. The van der Waals surface area contributed by atoms with Crippen LogP contribution in [-0.2, 0) is 14.3 Å². The average molecular weight is 338 g/mol. The highest BCUT2D eigenvalue weighted by Crippen LogP contribution is 2.41. The van der Waals surface area contributed by atoms with E-state index in [1.165, 1.54) is 13.8 Å². The molecule has 3 rings (SSSR count). The molecule has 1 aromatic rings. The summed E-state index contributed by atoms with van der Waals surface area (Å²) in [5.41, 5.74) is 2.14. The smallest absolute Gasteiger partial charge is 0.308 e. The summed E-state index contributed by atoms with van der Waals surface area (Å²) in [5, 5.41) is 0. The van der Waals surface area contributed by atoms with Crippen molar-refractivity contribution in [3.05, 3.63) is 57.4 Å². The zero-order chi connectivity index (χ0) is 18.5. The van der Waals surface area contributed by atoms with Crippen LogP contribution >= 0.6 is 0 Å². The Hall–Kier alpha value is -2.82. The van der Waals surface area contributed by atoms with E-state index < -0.39 is 5.97 Å². The van der Waals surface area contributed by atoms with Crippen molar-refractivity contribution in [1.29, 1.82) is 0 Å². The Bertz CT molecular complexity index is 914. The molecule has 1 atom stereocenters. The lowest BCUT2D eigenvalue weighted by Gasteiger charge is -2.30. The third-order valence-corrected chi connectivity index (χ3v) is 4.57. The van der Waals surface area contributed by atoms with E-state index in [9.17, 15) is 19.2 Å². The van der Waals surface area contributed by atoms with Crippen molar-refractivity contribution in [3.8, 4) is 0 Å². The molecule has 25 heavy (non-hydrogen) atoms. The predicted molar refractivity (Wildman–Crippen MR) is 90.1 cm³/mol. The number of esters is 1. The number of aryl methyl sites for hydroxylation is 1. The summed E-state index contributed by atoms with van der Waals surface area (Å²) in [6.45, 7) is 6.19. The Kier molecular flexibility index (Phi) is 4.03. The van der Waals surface area contributed by atoms with E-state index in [0.717, 1.165) is 5.56 Å². The molecule has 0 saturated carbocycles. The molecule has 0 fully saturated rings. The van der Waals surface area contributed by atoms with E-state index in [1.807, 2.05) is 6.92 Å². The van der Waals surface area contributed by atoms with Gasteiger partial charge in [-0.3, -0.25) is 19.2 Å². The fraction of sp³-hybridized carbons (Fsp3) is 0.300. The summed E-state index contributed by atoms with van der Waals surface area (Å²) < 4.78 is 5.26. The first-order valence-corrected chi connectivity index (χ1v) is 8.09. The number of hydrogen-bond acceptors (Lipinski definition) is 5. The highest BCUT2D eigenvalue weighted by Gasteiger charge is 2.41. The van der Waals surface area contributed by atoms with Gasteiger partial charge in [0.15, 0.2) is 17.3 Å². The van der Waals surface area contributed by atoms with Crippen LogP contribution in [0.4, 0.5) is 0 Å². The van der Waals surface area contributed by atoms with Gasteiger partial charge in [-0.1, -0.05) is 24.6 Å². The van der Waals surface area contributed by atoms with E-state index in [-0.39, 0.29) is 52.2 Å². The predicted octanol–water partition coefficient (Wildman–Crippen LogP) is 3.12. The maximum Gasteiger partial charge on any atom is 0.308 e. The van der Waals surface area contributed by atoms with Gasteiger partial charge in [-0.15, -0.1) is 0 Å². The normalized spacial score (nSPS) is 19.6. The summed E-state index contributed by atoms with van der Waals surface area (Å²) in [6, 6.07) is 5.08. The van der Waals surface area contributed by atoms with Crippen LogP contribution in [0.2, 0.25) is 0 Å². The molecular formula is C20H18O5. The Balaban J connectivity index is 2.29. The molecule has 2 aliphatic carbocycles. The minimum Gasteiger partial charge on any atom is -0.425 e. The largest absolute Gasteiger partial charge is 0.425 e. The number of allylic oxidation sites excluding steroid dienone is 3. The molecular weight excluding hydrogens is 320 g/mol. The van der Waals surface area contributed by atoms with Crippen LogP contribution in [0.1, 0.15) is 53.5 Å². The first-order valence-electron chi connectivity index (χ1n) is 8.09. The lowest BCUT2D eigenvalue weighted by Crippen LogP contribution is -2.31. The van der Waals surface area contributed by atoms with Crippen molar-refractivity contribution in [2.45, 2.75) is 34.1 Å². The molecule has 2 aliphatic rings. The number of Topliss-reactive ketones (excluding diaryl/α,β-unsaturated/α-hetero) is 3. The van der Waals surface area contributed by atoms with E-state index >= 15 is 0 Å². The number of hydrogen-bond donors (Lipinski definition) is 0. The summed E-state index contributed by atoms with van der Waals surface area (Å²) in [4.78, 5) is 49.6. The van der Waals surface area contributed by atoms with Gasteiger partial charge in [-0.05, 0) is 32.3 Å². The van der Waals surface area contributed by atoms with Gasteiger partial charge in [-0.2, -0.15) is 0 Å². The summed E-state index contributed by atoms with van der Waals surface area (Å²) in [5.74, 6) is -1.90. The number of ether oxygens (including phenoxy) is 1. The van der Waals surface area contributed by atoms with Crippen molar-refractivity contribution >= 4 is 23.3 Å². The highest BCUT2D eigenvalue weighted by molar-refractivity contribution is 6.29. The second-order valence-corrected chi connectivity index (χ2v) is 6.56. The van der Waals surface area contributed by atoms with Gasteiger partial charge in [0.1, 0.15) is 5.76 Å². The quantitative estimate of drug-likeness (QED) is 0.774. The highest BCUT2D eigenvalue weighted by atomic mass is 16.5. The topological polar surface area (TPSA) is 77.5 Å². The molecule has 0 radical (unpaired) electrons. The van der Waals surface area contributed by atoms with Crippen molar-refractivity contribution in [2.24, 2.45) is 5.92 Å². The van der Waals surface area contributed by atoms with Crippen LogP contribution < -0.4 is 0 Å². The second-order valence-electron chi connectivity index (χ2n) is 6.56. The maximum atomic E-state index is 13.1. The summed E-state index contributed by atoms with van der Waals surface area (Å²) >= 11 is 0. The monoisotopic (exact) mass is 338 g/mol. The Labute approximate surface area is 145 Å². The number of carbonyl (C=O) groups is 4. The molecule has 128 valence electrons. The zero-order valence-electron chi connectivity index (χ0n) is 14.6. The van der Waals surface area contributed by atoms with Gasteiger partial charge in [0.25, 0.3) is 0 Å². The Morgan fingerprint density at radius 1 is 1.08 bits per heavy atom. The molecule has 0 heterocycles. The first-order chi connectivity index (χ1) is 11.7. The van der Waals surface area contributed by atoms with E-state index in [2.05, 4.69) is 0 Å². The van der Waals surface area contributed by atoms with E-state index in [4.69, 9.17) is 4.74 Å². The molecule has 0 bridgehead atoms. The molecule has 0 saturated heterocycles. The van der Waals surface area contributed by atoms with Crippen molar-refractivity contribution in [3.63, 3.8) is 0 Å². The van der Waals surface area contributed by atoms with Crippen LogP contribution in [0.3, 0.4) is 0 Å². The third-order valence-electron chi connectivity index (χ3n) is 4.57. The summed E-state index contributed by atoms with van der Waals surface area (Å²) in [6.07, 6.45) is 0.271. The van der Waals surface area contributed by atoms with Crippen LogP contribution in [0.25, 0.3) is 0 Å². The van der Waals surface area contributed by atoms with Gasteiger partial charge in [-0.25, -0.2) is 0 Å². The standard InChI is InChI=1S/C20H18O5/c1-9-5-6-13-14(7-9)19(24)17-15(18(13)23)8-10(2)16(11(3)21)20(17)25-12(4)22/h5-7,10H,8H2,1-4H3. The number of fused-ring (bicyclic) bond motifs is 1. The summed E-state index contributed by atoms with van der Waals surface area (Å²) in [7, 11) is 0. The SMILES string of the molecule is CC(=O)OC1=C(C(C)=O)C(C)CC2=C1C(=O)c1cc(C)ccc1C2=O. The number of benzene rings is 1. The van der Waals surface area contributed by atoms with Gasteiger partial charge in [0, 0.05) is 29.2 Å². The van der Waals surface area contributed by atoms with E-state index in [1.54, 1.807) is 25.1 Å². The fourth-order valence-electron chi connectivity index (χ4n) is 3.55. The van der Waals surface area contributed by atoms with Crippen molar-refractivity contribution in [1.82, 2.24) is 0 Å². The fourth-order valence-corrected chi connectivity index (χ4v) is 3.55. The molecule has 5 nitrogen and oxygen atoms in total. The van der Waals surface area contributed by atoms with Crippen LogP contribution in [-0.4, -0.2) is 23.3 Å². The lowest BCUT2D eigenvalue weighted by atomic mass is 9.73. The molecule has 1 unspecified atom stereocenters. The molecule has 0 N–H and O–H groups in total. The van der Waals surface area contributed by atoms with Crippen LogP contribution in [0.5, 0.6) is 0 Å². The molecule has 0 amide bonds. The third kappa shape index (κ3) is 2.65. The van der Waals surface area contributed by atoms with Crippen LogP contribution in [0.15, 0.2) is 40.7 Å². The number of carbonyl (C=O) groups excluding carboxylic acids is 4. The van der Waals surface area contributed by atoms with Crippen molar-refractivity contribution in [2.75, 3.05) is 0 Å². The molecule has 0 aliphatic heterocycles. The lowest BCUT2D eigenvalue weighted by molar-refractivity contribution is -0.136. The number of rotatable bonds is 2. The molecule has 5 heteroatoms. The molecule has 0 aromatic heterocycles. The first kappa shape index (κ1) is 17.0. The van der Waals surface area contributed by atoms with Crippen molar-refractivity contribution < 1.29 is 23.9 Å². The minimum absolute atomic E-state index is 0.0562. The van der Waals surface area contributed by atoms with Gasteiger partial charge in [0.2, 0.25) is 0 Å². The van der Waals surface area contributed by atoms with E-state index in [0.29, 0.717) is 11.1 Å². The minimum atomic E-state index is -0.634. The Morgan fingerprint density at radius 2 is 1.76 bits per heavy atom. The van der Waals surface area contributed by atoms with Gasteiger partial charge >= 0.3 is 5.97 Å². The number of ketones is 3. The molecule has 0 spiro atoms. The van der Waals surface area contributed by atoms with Crippen LogP contribution in [0, 0.1) is 12.8 Å². The Morgan fingerprint density at radius 3 is 2.36 bits per heavy atom. The van der Waals surface area contributed by atoms with Gasteiger partial charge < -0.3 is 4.74 Å².